The molecular formula is C31H52O3Si2. The van der Waals surface area contributed by atoms with Crippen LogP contribution in [0.5, 0.6) is 11.5 Å². The molecule has 0 aliphatic carbocycles. The zero-order valence-corrected chi connectivity index (χ0v) is 27.4. The van der Waals surface area contributed by atoms with Crippen LogP contribution in [-0.4, -0.2) is 29.8 Å². The van der Waals surface area contributed by atoms with Gasteiger partial charge in [0.05, 0.1) is 12.7 Å². The number of hydrogen-bond acceptors (Lipinski definition) is 3. The Bertz CT molecular complexity index is 948. The summed E-state index contributed by atoms with van der Waals surface area (Å²) in [6.45, 7) is 27.3. The minimum Gasteiger partial charge on any atom is -0.543 e. The molecule has 1 aromatic carbocycles. The summed E-state index contributed by atoms with van der Waals surface area (Å²) in [4.78, 5) is 11.8. The van der Waals surface area contributed by atoms with Crippen LogP contribution in [0.25, 0.3) is 0 Å². The summed E-state index contributed by atoms with van der Waals surface area (Å²) in [5.74, 6) is 4.96. The summed E-state index contributed by atoms with van der Waals surface area (Å²) in [5.41, 5.74) is 8.66. The first kappa shape index (κ1) is 32.3. The zero-order chi connectivity index (χ0) is 27.9. The van der Waals surface area contributed by atoms with Crippen molar-refractivity contribution in [1.82, 2.24) is 0 Å². The average molecular weight is 529 g/mol. The fourth-order valence-electron chi connectivity index (χ4n) is 4.97. The van der Waals surface area contributed by atoms with E-state index in [2.05, 4.69) is 99.9 Å². The monoisotopic (exact) mass is 528 g/mol. The van der Waals surface area contributed by atoms with Gasteiger partial charge in [-0.25, -0.2) is 0 Å². The van der Waals surface area contributed by atoms with Gasteiger partial charge in [0.2, 0.25) is 0 Å². The SMILES string of the molecule is COc1cc(C=O)c(O[Si](C)(C)C(C)(C)C)cc1C/C(C)=C\CCC#C[Si](C(C)C)(C(C)C)C(C)C. The van der Waals surface area contributed by atoms with E-state index in [-0.39, 0.29) is 5.04 Å². The summed E-state index contributed by atoms with van der Waals surface area (Å²) in [5, 5.41) is 0.0469. The number of ether oxygens (including phenoxy) is 1. The third kappa shape index (κ3) is 7.86. The number of carbonyl (C=O) groups is 1. The van der Waals surface area contributed by atoms with Gasteiger partial charge < -0.3 is 9.16 Å². The largest absolute Gasteiger partial charge is 0.543 e. The van der Waals surface area contributed by atoms with E-state index in [0.717, 1.165) is 36.9 Å². The predicted molar refractivity (Wildman–Crippen MR) is 162 cm³/mol. The summed E-state index contributed by atoms with van der Waals surface area (Å²) >= 11 is 0. The van der Waals surface area contributed by atoms with E-state index in [0.29, 0.717) is 27.9 Å². The number of allylic oxidation sites excluding steroid dienone is 2. The maximum atomic E-state index is 11.8. The molecule has 0 N–H and O–H groups in total. The van der Waals surface area contributed by atoms with Crippen molar-refractivity contribution in [3.8, 4) is 23.0 Å². The molecule has 0 amide bonds. The van der Waals surface area contributed by atoms with Gasteiger partial charge in [-0.1, -0.05) is 74.0 Å². The smallest absolute Gasteiger partial charge is 0.250 e. The molecular weight excluding hydrogens is 477 g/mol. The molecule has 0 unspecified atom stereocenters. The molecule has 1 aromatic rings. The fraction of sp³-hybridized carbons (Fsp3) is 0.645. The maximum Gasteiger partial charge on any atom is 0.250 e. The minimum absolute atomic E-state index is 0.0469. The molecule has 36 heavy (non-hydrogen) atoms. The van der Waals surface area contributed by atoms with Gasteiger partial charge in [0.15, 0.2) is 6.29 Å². The van der Waals surface area contributed by atoms with Gasteiger partial charge in [0, 0.05) is 12.0 Å². The van der Waals surface area contributed by atoms with E-state index >= 15 is 0 Å². The van der Waals surface area contributed by atoms with Crippen molar-refractivity contribution >= 4 is 22.7 Å². The molecule has 0 saturated carbocycles. The van der Waals surface area contributed by atoms with Crippen LogP contribution in [0.2, 0.25) is 34.8 Å². The summed E-state index contributed by atoms with van der Waals surface area (Å²) in [7, 11) is -2.09. The Morgan fingerprint density at radius 1 is 1.00 bits per heavy atom. The van der Waals surface area contributed by atoms with Crippen LogP contribution in [0.4, 0.5) is 0 Å². The first-order valence-corrected chi connectivity index (χ1v) is 18.7. The van der Waals surface area contributed by atoms with Gasteiger partial charge in [-0.05, 0) is 66.7 Å². The van der Waals surface area contributed by atoms with Crippen LogP contribution in [0.3, 0.4) is 0 Å². The van der Waals surface area contributed by atoms with Crippen molar-refractivity contribution in [3.63, 3.8) is 0 Å². The quantitative estimate of drug-likeness (QED) is 0.0943. The first-order valence-electron chi connectivity index (χ1n) is 13.5. The first-order chi connectivity index (χ1) is 16.5. The molecule has 0 radical (unpaired) electrons. The Hall–Kier alpha value is -1.78. The van der Waals surface area contributed by atoms with Crippen LogP contribution in [0, 0.1) is 11.5 Å². The molecule has 0 fully saturated rings. The number of methoxy groups -OCH3 is 1. The number of benzene rings is 1. The highest BCUT2D eigenvalue weighted by molar-refractivity contribution is 6.90. The van der Waals surface area contributed by atoms with Crippen molar-refractivity contribution in [2.75, 3.05) is 7.11 Å². The van der Waals surface area contributed by atoms with E-state index in [4.69, 9.17) is 9.16 Å². The van der Waals surface area contributed by atoms with E-state index < -0.39 is 16.4 Å². The molecule has 0 atom stereocenters. The Morgan fingerprint density at radius 2 is 1.56 bits per heavy atom. The van der Waals surface area contributed by atoms with Crippen molar-refractivity contribution in [2.24, 2.45) is 0 Å². The maximum absolute atomic E-state index is 11.8. The van der Waals surface area contributed by atoms with Gasteiger partial charge in [-0.3, -0.25) is 4.79 Å². The molecule has 0 spiro atoms. The number of carbonyl (C=O) groups excluding carboxylic acids is 1. The topological polar surface area (TPSA) is 35.5 Å². The Morgan fingerprint density at radius 3 is 2.00 bits per heavy atom. The standard InChI is InChI=1S/C31H52O3Si2/c1-23(2)36(24(3)4,25(5)6)18-16-14-15-17-26(7)19-27-20-30(28(22-32)21-29(27)33-11)34-35(12,13)31(8,9)10/h17,20-25H,14-15,19H2,1-13H3/b26-17-. The second-order valence-corrected chi connectivity index (χ2v) is 23.0. The van der Waals surface area contributed by atoms with Crippen molar-refractivity contribution in [3.05, 3.63) is 34.9 Å². The molecule has 0 heterocycles. The van der Waals surface area contributed by atoms with Gasteiger partial charge in [0.1, 0.15) is 19.6 Å². The number of unbranched alkanes of at least 4 members (excludes halogenated alkanes) is 1. The zero-order valence-electron chi connectivity index (χ0n) is 25.4. The molecule has 0 aliphatic heterocycles. The second kappa shape index (κ2) is 13.1. The average Bonchev–Trinajstić information content (AvgIpc) is 2.74. The van der Waals surface area contributed by atoms with Crippen molar-refractivity contribution < 1.29 is 14.0 Å². The Labute approximate surface area is 224 Å². The molecule has 5 heteroatoms. The molecule has 0 aromatic heterocycles. The number of aldehydes is 1. The van der Waals surface area contributed by atoms with Gasteiger partial charge in [-0.15, -0.1) is 11.5 Å². The molecule has 202 valence electrons. The number of rotatable bonds is 11. The normalized spacial score (nSPS) is 13.2. The molecule has 0 saturated heterocycles. The lowest BCUT2D eigenvalue weighted by Gasteiger charge is -2.38. The van der Waals surface area contributed by atoms with Crippen LogP contribution in [0.1, 0.15) is 98.0 Å². The third-order valence-corrected chi connectivity index (χ3v) is 18.8. The van der Waals surface area contributed by atoms with E-state index in [1.807, 2.05) is 12.1 Å². The summed E-state index contributed by atoms with van der Waals surface area (Å²) in [6, 6.07) is 3.82. The van der Waals surface area contributed by atoms with Gasteiger partial charge >= 0.3 is 0 Å². The Kier molecular flexibility index (Phi) is 11.8. The van der Waals surface area contributed by atoms with Crippen LogP contribution >= 0.6 is 0 Å². The van der Waals surface area contributed by atoms with E-state index in [1.54, 1.807) is 7.11 Å². The van der Waals surface area contributed by atoms with Gasteiger partial charge in [0.25, 0.3) is 8.32 Å². The van der Waals surface area contributed by atoms with Crippen molar-refractivity contribution in [1.29, 1.82) is 0 Å². The lowest BCUT2D eigenvalue weighted by Crippen LogP contribution is -2.44. The highest BCUT2D eigenvalue weighted by Crippen LogP contribution is 2.41. The summed E-state index contributed by atoms with van der Waals surface area (Å²) < 4.78 is 12.2. The molecule has 0 bridgehead atoms. The fourth-order valence-corrected chi connectivity index (χ4v) is 11.3. The molecule has 0 aliphatic rings. The van der Waals surface area contributed by atoms with E-state index in [9.17, 15) is 4.79 Å². The van der Waals surface area contributed by atoms with Crippen molar-refractivity contribution in [2.45, 2.75) is 123 Å². The van der Waals surface area contributed by atoms with Crippen LogP contribution in [0.15, 0.2) is 23.8 Å². The van der Waals surface area contributed by atoms with Crippen LogP contribution in [-0.2, 0) is 6.42 Å². The lowest BCUT2D eigenvalue weighted by atomic mass is 10.0. The third-order valence-electron chi connectivity index (χ3n) is 8.11. The summed E-state index contributed by atoms with van der Waals surface area (Å²) in [6.07, 6.45) is 5.75. The molecule has 3 nitrogen and oxygen atoms in total. The van der Waals surface area contributed by atoms with Crippen LogP contribution < -0.4 is 9.16 Å². The molecule has 1 rings (SSSR count). The highest BCUT2D eigenvalue weighted by atomic mass is 28.4. The second-order valence-electron chi connectivity index (χ2n) is 12.6. The lowest BCUT2D eigenvalue weighted by molar-refractivity contribution is 0.112. The van der Waals surface area contributed by atoms with E-state index in [1.165, 1.54) is 5.57 Å². The predicted octanol–water partition coefficient (Wildman–Crippen LogP) is 9.38. The highest BCUT2D eigenvalue weighted by Gasteiger charge is 2.41. The minimum atomic E-state index is -2.08. The van der Waals surface area contributed by atoms with Gasteiger partial charge in [-0.2, -0.15) is 0 Å². The Balaban J connectivity index is 3.11. The number of hydrogen-bond donors (Lipinski definition) is 0.